The molecule has 2 atom stereocenters. The number of piperidine rings is 1. The predicted molar refractivity (Wildman–Crippen MR) is 106 cm³/mol. The van der Waals surface area contributed by atoms with E-state index in [2.05, 4.69) is 0 Å². The van der Waals surface area contributed by atoms with Crippen molar-refractivity contribution in [3.8, 4) is 5.75 Å². The SMILES string of the molecule is COc1cc(C2(O)CCN(N(C(=O)O)C(C=O)C(C)C)CC2(C)C)ccc1Cl. The quantitative estimate of drug-likeness (QED) is 0.696. The average Bonchev–Trinajstić information content (AvgIpc) is 2.61. The number of carboxylic acid groups (broad SMARTS) is 1. The number of nitrogens with zero attached hydrogens (tertiary/aromatic N) is 2. The molecule has 0 radical (unpaired) electrons. The Labute approximate surface area is 170 Å². The van der Waals surface area contributed by atoms with Crippen molar-refractivity contribution < 1.29 is 24.5 Å². The Kier molecular flexibility index (Phi) is 6.63. The van der Waals surface area contributed by atoms with Crippen molar-refractivity contribution in [2.75, 3.05) is 20.2 Å². The van der Waals surface area contributed by atoms with E-state index >= 15 is 0 Å². The molecule has 0 aromatic heterocycles. The molecule has 1 fully saturated rings. The summed E-state index contributed by atoms with van der Waals surface area (Å²) in [6.07, 6.45) is -0.227. The van der Waals surface area contributed by atoms with Crippen LogP contribution in [0.15, 0.2) is 18.2 Å². The molecule has 2 N–H and O–H groups in total. The zero-order chi connectivity index (χ0) is 21.3. The van der Waals surface area contributed by atoms with Gasteiger partial charge in [-0.3, -0.25) is 0 Å². The van der Waals surface area contributed by atoms with E-state index in [-0.39, 0.29) is 25.4 Å². The highest BCUT2D eigenvalue weighted by atomic mass is 35.5. The summed E-state index contributed by atoms with van der Waals surface area (Å²) < 4.78 is 5.27. The largest absolute Gasteiger partial charge is 0.495 e. The van der Waals surface area contributed by atoms with Gasteiger partial charge in [0.25, 0.3) is 0 Å². The molecule has 1 saturated heterocycles. The van der Waals surface area contributed by atoms with Crippen LogP contribution in [0.4, 0.5) is 4.79 Å². The van der Waals surface area contributed by atoms with Gasteiger partial charge in [-0.15, -0.1) is 0 Å². The third-order valence-corrected chi connectivity index (χ3v) is 5.98. The van der Waals surface area contributed by atoms with Gasteiger partial charge in [0.05, 0.1) is 17.7 Å². The molecule has 0 aliphatic carbocycles. The summed E-state index contributed by atoms with van der Waals surface area (Å²) in [6, 6.07) is 4.38. The van der Waals surface area contributed by atoms with Crippen LogP contribution in [0.25, 0.3) is 0 Å². The van der Waals surface area contributed by atoms with Crippen molar-refractivity contribution in [3.63, 3.8) is 0 Å². The summed E-state index contributed by atoms with van der Waals surface area (Å²) in [6.45, 7) is 7.92. The molecule has 0 bridgehead atoms. The summed E-state index contributed by atoms with van der Waals surface area (Å²) >= 11 is 6.11. The van der Waals surface area contributed by atoms with Crippen LogP contribution in [-0.4, -0.2) is 58.9 Å². The Morgan fingerprint density at radius 2 is 2.04 bits per heavy atom. The number of aliphatic hydroxyl groups is 1. The normalized spacial score (nSPS) is 23.3. The smallest absolute Gasteiger partial charge is 0.422 e. The summed E-state index contributed by atoms with van der Waals surface area (Å²) in [7, 11) is 1.51. The van der Waals surface area contributed by atoms with Crippen LogP contribution in [-0.2, 0) is 10.4 Å². The number of hydrogen-bond acceptors (Lipinski definition) is 5. The van der Waals surface area contributed by atoms with Gasteiger partial charge in [-0.1, -0.05) is 45.4 Å². The number of rotatable bonds is 6. The number of carbonyl (C=O) groups is 2. The van der Waals surface area contributed by atoms with Crippen LogP contribution in [0.2, 0.25) is 5.02 Å². The van der Waals surface area contributed by atoms with Gasteiger partial charge in [-0.25, -0.2) is 14.8 Å². The standard InChI is InChI=1S/C20H29ClN2O5/c1-13(2)16(11-24)23(18(25)26)22-9-8-20(27,19(3,4)12-22)14-6-7-15(21)17(10-14)28-5/h6-7,10-11,13,16,27H,8-9,12H2,1-5H3,(H,25,26). The molecule has 28 heavy (non-hydrogen) atoms. The van der Waals surface area contributed by atoms with Gasteiger partial charge in [0.15, 0.2) is 0 Å². The minimum absolute atomic E-state index is 0.168. The highest BCUT2D eigenvalue weighted by Gasteiger charge is 2.51. The number of hydrazine groups is 1. The maximum atomic E-state index is 11.9. The maximum Gasteiger partial charge on any atom is 0.422 e. The van der Waals surface area contributed by atoms with E-state index in [1.165, 1.54) is 7.11 Å². The lowest BCUT2D eigenvalue weighted by molar-refractivity contribution is -0.176. The van der Waals surface area contributed by atoms with Gasteiger partial charge in [-0.2, -0.15) is 0 Å². The molecule has 156 valence electrons. The lowest BCUT2D eigenvalue weighted by Crippen LogP contribution is -2.63. The fourth-order valence-corrected chi connectivity index (χ4v) is 4.06. The molecule has 2 unspecified atom stereocenters. The van der Waals surface area contributed by atoms with Crippen molar-refractivity contribution >= 4 is 24.0 Å². The predicted octanol–water partition coefficient (Wildman–Crippen LogP) is 3.39. The van der Waals surface area contributed by atoms with Crippen LogP contribution in [0, 0.1) is 11.3 Å². The number of carbonyl (C=O) groups excluding carboxylic acids is 1. The Balaban J connectivity index is 2.37. The molecule has 0 spiro atoms. The minimum Gasteiger partial charge on any atom is -0.495 e. The molecule has 2 rings (SSSR count). The van der Waals surface area contributed by atoms with E-state index in [0.717, 1.165) is 5.01 Å². The van der Waals surface area contributed by atoms with E-state index in [9.17, 15) is 19.8 Å². The first-order valence-electron chi connectivity index (χ1n) is 9.27. The summed E-state index contributed by atoms with van der Waals surface area (Å²) in [4.78, 5) is 23.4. The first kappa shape index (κ1) is 22.5. The van der Waals surface area contributed by atoms with Gasteiger partial charge in [-0.05, 0) is 30.0 Å². The fourth-order valence-electron chi connectivity index (χ4n) is 3.87. The van der Waals surface area contributed by atoms with E-state index in [4.69, 9.17) is 16.3 Å². The highest BCUT2D eigenvalue weighted by Crippen LogP contribution is 2.47. The van der Waals surface area contributed by atoms with Crippen LogP contribution < -0.4 is 4.74 Å². The molecule has 8 heteroatoms. The summed E-state index contributed by atoms with van der Waals surface area (Å²) in [5.41, 5.74) is -1.25. The van der Waals surface area contributed by atoms with Gasteiger partial charge in [0.2, 0.25) is 0 Å². The topological polar surface area (TPSA) is 90.3 Å². The zero-order valence-electron chi connectivity index (χ0n) is 17.0. The molecule has 0 saturated carbocycles. The van der Waals surface area contributed by atoms with Crippen LogP contribution >= 0.6 is 11.6 Å². The monoisotopic (exact) mass is 412 g/mol. The van der Waals surface area contributed by atoms with Crippen molar-refractivity contribution in [2.24, 2.45) is 11.3 Å². The number of ether oxygens (including phenoxy) is 1. The lowest BCUT2D eigenvalue weighted by atomic mass is 9.67. The van der Waals surface area contributed by atoms with Crippen LogP contribution in [0.5, 0.6) is 5.75 Å². The van der Waals surface area contributed by atoms with E-state index in [1.54, 1.807) is 37.1 Å². The van der Waals surface area contributed by atoms with Crippen LogP contribution in [0.3, 0.4) is 0 Å². The number of halogens is 1. The Hall–Kier alpha value is -1.83. The van der Waals surface area contributed by atoms with Gasteiger partial charge < -0.3 is 19.7 Å². The highest BCUT2D eigenvalue weighted by molar-refractivity contribution is 6.32. The van der Waals surface area contributed by atoms with Crippen molar-refractivity contribution in [1.29, 1.82) is 0 Å². The molecule has 1 aromatic rings. The molecule has 1 heterocycles. The van der Waals surface area contributed by atoms with E-state index in [0.29, 0.717) is 22.6 Å². The van der Waals surface area contributed by atoms with E-state index < -0.39 is 23.2 Å². The minimum atomic E-state index is -1.21. The van der Waals surface area contributed by atoms with Gasteiger partial charge in [0.1, 0.15) is 18.1 Å². The summed E-state index contributed by atoms with van der Waals surface area (Å²) in [5, 5.41) is 24.5. The summed E-state index contributed by atoms with van der Waals surface area (Å²) in [5.74, 6) is 0.303. The van der Waals surface area contributed by atoms with Crippen molar-refractivity contribution in [3.05, 3.63) is 28.8 Å². The molecular weight excluding hydrogens is 384 g/mol. The van der Waals surface area contributed by atoms with Crippen LogP contribution in [0.1, 0.15) is 39.7 Å². The average molecular weight is 413 g/mol. The Morgan fingerprint density at radius 3 is 2.50 bits per heavy atom. The van der Waals surface area contributed by atoms with Gasteiger partial charge in [0, 0.05) is 18.5 Å². The molecule has 7 nitrogen and oxygen atoms in total. The second kappa shape index (κ2) is 8.27. The molecule has 1 aliphatic rings. The first-order chi connectivity index (χ1) is 13.0. The maximum absolute atomic E-state index is 11.9. The number of amides is 1. The third-order valence-electron chi connectivity index (χ3n) is 5.66. The molecule has 1 aliphatic heterocycles. The molecular formula is C20H29ClN2O5. The first-order valence-corrected chi connectivity index (χ1v) is 9.65. The fraction of sp³-hybridized carbons (Fsp3) is 0.600. The lowest BCUT2D eigenvalue weighted by Gasteiger charge is -2.53. The number of aldehydes is 1. The van der Waals surface area contributed by atoms with E-state index in [1.807, 2.05) is 13.8 Å². The second-order valence-electron chi connectivity index (χ2n) is 8.23. The van der Waals surface area contributed by atoms with Gasteiger partial charge >= 0.3 is 6.09 Å². The Bertz CT molecular complexity index is 739. The van der Waals surface area contributed by atoms with Crippen molar-refractivity contribution in [2.45, 2.75) is 45.8 Å². The number of benzene rings is 1. The number of methoxy groups -OCH3 is 1. The molecule has 1 amide bonds. The zero-order valence-corrected chi connectivity index (χ0v) is 17.7. The van der Waals surface area contributed by atoms with Crippen molar-refractivity contribution in [1.82, 2.24) is 10.0 Å². The second-order valence-corrected chi connectivity index (χ2v) is 8.64. The number of hydrogen-bond donors (Lipinski definition) is 2. The third kappa shape index (κ3) is 3.97. The molecule has 1 aromatic carbocycles. The Morgan fingerprint density at radius 1 is 1.39 bits per heavy atom.